The van der Waals surface area contributed by atoms with Crippen molar-refractivity contribution in [3.8, 4) is 5.75 Å². The molecule has 0 saturated carbocycles. The van der Waals surface area contributed by atoms with Crippen LogP contribution in [0.2, 0.25) is 0 Å². The third-order valence-electron chi connectivity index (χ3n) is 4.16. The number of carbonyl (C=O) groups excluding carboxylic acids is 2. The van der Waals surface area contributed by atoms with E-state index in [1.54, 1.807) is 37.6 Å². The van der Waals surface area contributed by atoms with E-state index in [4.69, 9.17) is 4.74 Å². The van der Waals surface area contributed by atoms with E-state index < -0.39 is 11.6 Å². The molecule has 3 rings (SSSR count). The number of nitrogens with zero attached hydrogens (tertiary/aromatic N) is 2. The molecule has 1 aliphatic carbocycles. The number of ketones is 2. The molecule has 1 aliphatic rings. The van der Waals surface area contributed by atoms with Crippen LogP contribution in [0.15, 0.2) is 42.0 Å². The van der Waals surface area contributed by atoms with Gasteiger partial charge in [-0.05, 0) is 38.1 Å². The fourth-order valence-corrected chi connectivity index (χ4v) is 2.86. The lowest BCUT2D eigenvalue weighted by atomic mass is 9.87. The van der Waals surface area contributed by atoms with Gasteiger partial charge in [0.25, 0.3) is 5.78 Å². The first kappa shape index (κ1) is 16.8. The van der Waals surface area contributed by atoms with Crippen molar-refractivity contribution in [2.75, 3.05) is 0 Å². The van der Waals surface area contributed by atoms with E-state index >= 15 is 0 Å². The first-order valence-electron chi connectivity index (χ1n) is 7.84. The van der Waals surface area contributed by atoms with Gasteiger partial charge in [0.2, 0.25) is 5.78 Å². The van der Waals surface area contributed by atoms with Gasteiger partial charge in [-0.15, -0.1) is 0 Å². The Labute approximate surface area is 144 Å². The van der Waals surface area contributed by atoms with Crippen molar-refractivity contribution in [3.05, 3.63) is 65.0 Å². The lowest BCUT2D eigenvalue weighted by Gasteiger charge is -2.16. The third-order valence-corrected chi connectivity index (χ3v) is 4.16. The molecule has 2 aromatic rings. The van der Waals surface area contributed by atoms with Crippen LogP contribution >= 0.6 is 0 Å². The molecule has 0 atom stereocenters. The second-order valence-electron chi connectivity index (χ2n) is 5.59. The summed E-state index contributed by atoms with van der Waals surface area (Å²) >= 11 is 0. The van der Waals surface area contributed by atoms with Crippen molar-refractivity contribution in [2.45, 2.75) is 20.5 Å². The standard InChI is InChI=1S/C19H17FN2O3/c1-4-13-14(5-2)18(23)19(24)17-16(13)21-15(22(17)3)10-25-12-8-6-11(20)7-9-12/h4-9H,10H2,1-3H3/b13-4+,14-5+. The molecule has 1 aromatic carbocycles. The van der Waals surface area contributed by atoms with Crippen LogP contribution in [0.25, 0.3) is 5.57 Å². The Morgan fingerprint density at radius 1 is 1.08 bits per heavy atom. The summed E-state index contributed by atoms with van der Waals surface area (Å²) in [7, 11) is 1.67. The fraction of sp³-hybridized carbons (Fsp3) is 0.211. The number of aromatic nitrogens is 2. The number of carbonyl (C=O) groups is 2. The van der Waals surface area contributed by atoms with E-state index in [2.05, 4.69) is 4.98 Å². The monoisotopic (exact) mass is 340 g/mol. The van der Waals surface area contributed by atoms with E-state index in [9.17, 15) is 14.0 Å². The summed E-state index contributed by atoms with van der Waals surface area (Å²) in [5.74, 6) is -0.452. The molecule has 0 bridgehead atoms. The molecule has 6 heteroatoms. The first-order chi connectivity index (χ1) is 12.0. The minimum absolute atomic E-state index is 0.0960. The van der Waals surface area contributed by atoms with Crippen LogP contribution < -0.4 is 4.74 Å². The number of rotatable bonds is 3. The van der Waals surface area contributed by atoms with Crippen LogP contribution in [0.5, 0.6) is 5.75 Å². The highest BCUT2D eigenvalue weighted by Gasteiger charge is 2.36. The van der Waals surface area contributed by atoms with Crippen LogP contribution in [-0.2, 0) is 18.4 Å². The molecule has 0 N–H and O–H groups in total. The van der Waals surface area contributed by atoms with Crippen molar-refractivity contribution >= 4 is 17.1 Å². The number of allylic oxidation sites excluding steroid dienone is 4. The van der Waals surface area contributed by atoms with Crippen LogP contribution in [0.1, 0.15) is 35.9 Å². The fourth-order valence-electron chi connectivity index (χ4n) is 2.86. The van der Waals surface area contributed by atoms with Gasteiger partial charge in [-0.25, -0.2) is 9.37 Å². The van der Waals surface area contributed by atoms with Crippen LogP contribution in [0.3, 0.4) is 0 Å². The third kappa shape index (κ3) is 2.80. The molecule has 0 fully saturated rings. The highest BCUT2D eigenvalue weighted by molar-refractivity contribution is 6.54. The maximum absolute atomic E-state index is 12.9. The lowest BCUT2D eigenvalue weighted by Crippen LogP contribution is -2.26. The zero-order chi connectivity index (χ0) is 18.1. The maximum atomic E-state index is 12.9. The predicted octanol–water partition coefficient (Wildman–Crippen LogP) is 3.25. The molecule has 128 valence electrons. The molecular weight excluding hydrogens is 323 g/mol. The SMILES string of the molecule is C/C=C1/C(=O)C(=O)c2c(nc(COc3ccc(F)cc3)n2C)/C1=C/C. The summed E-state index contributed by atoms with van der Waals surface area (Å²) < 4.78 is 20.1. The lowest BCUT2D eigenvalue weighted by molar-refractivity contribution is -0.111. The molecule has 5 nitrogen and oxygen atoms in total. The Bertz CT molecular complexity index is 921. The van der Waals surface area contributed by atoms with E-state index in [0.717, 1.165) is 0 Å². The van der Waals surface area contributed by atoms with Crippen molar-refractivity contribution < 1.29 is 18.7 Å². The second-order valence-corrected chi connectivity index (χ2v) is 5.59. The summed E-state index contributed by atoms with van der Waals surface area (Å²) in [5, 5.41) is 0. The van der Waals surface area contributed by atoms with E-state index in [-0.39, 0.29) is 18.1 Å². The smallest absolute Gasteiger partial charge is 0.252 e. The minimum atomic E-state index is -0.572. The Balaban J connectivity index is 1.97. The molecule has 0 amide bonds. The van der Waals surface area contributed by atoms with Gasteiger partial charge in [-0.3, -0.25) is 9.59 Å². The molecule has 0 radical (unpaired) electrons. The number of halogens is 1. The van der Waals surface area contributed by atoms with Crippen LogP contribution in [0, 0.1) is 5.82 Å². The highest BCUT2D eigenvalue weighted by Crippen LogP contribution is 2.33. The minimum Gasteiger partial charge on any atom is -0.486 e. The van der Waals surface area contributed by atoms with Gasteiger partial charge in [0.15, 0.2) is 0 Å². The number of Topliss-reactive ketones (excluding diaryl/α,β-unsaturated/α-hetero) is 2. The largest absolute Gasteiger partial charge is 0.486 e. The van der Waals surface area contributed by atoms with Crippen molar-refractivity contribution in [2.24, 2.45) is 7.05 Å². The van der Waals surface area contributed by atoms with Crippen molar-refractivity contribution in [1.29, 1.82) is 0 Å². The van der Waals surface area contributed by atoms with Gasteiger partial charge in [0.05, 0.1) is 0 Å². The Morgan fingerprint density at radius 3 is 2.32 bits per heavy atom. The zero-order valence-electron chi connectivity index (χ0n) is 14.2. The second kappa shape index (κ2) is 6.47. The topological polar surface area (TPSA) is 61.2 Å². The van der Waals surface area contributed by atoms with Gasteiger partial charge in [-0.1, -0.05) is 12.2 Å². The number of hydrogen-bond acceptors (Lipinski definition) is 4. The molecule has 0 spiro atoms. The number of benzene rings is 1. The summed E-state index contributed by atoms with van der Waals surface area (Å²) in [4.78, 5) is 29.2. The summed E-state index contributed by atoms with van der Waals surface area (Å²) in [5.41, 5.74) is 1.76. The average molecular weight is 340 g/mol. The molecular formula is C19H17FN2O3. The highest BCUT2D eigenvalue weighted by atomic mass is 19.1. The Morgan fingerprint density at radius 2 is 1.72 bits per heavy atom. The molecule has 1 aromatic heterocycles. The van der Waals surface area contributed by atoms with Gasteiger partial charge < -0.3 is 9.30 Å². The molecule has 0 aliphatic heterocycles. The van der Waals surface area contributed by atoms with Gasteiger partial charge >= 0.3 is 0 Å². The van der Waals surface area contributed by atoms with E-state index in [0.29, 0.717) is 28.4 Å². The van der Waals surface area contributed by atoms with Gasteiger partial charge in [0, 0.05) is 18.2 Å². The number of ether oxygens (including phenoxy) is 1. The predicted molar refractivity (Wildman–Crippen MR) is 90.7 cm³/mol. The quantitative estimate of drug-likeness (QED) is 0.636. The van der Waals surface area contributed by atoms with Crippen molar-refractivity contribution in [3.63, 3.8) is 0 Å². The van der Waals surface area contributed by atoms with E-state index in [1.165, 1.54) is 24.3 Å². The zero-order valence-corrected chi connectivity index (χ0v) is 14.2. The Kier molecular flexibility index (Phi) is 4.35. The summed E-state index contributed by atoms with van der Waals surface area (Å²) in [6, 6.07) is 5.64. The van der Waals surface area contributed by atoms with Crippen LogP contribution in [-0.4, -0.2) is 21.1 Å². The summed E-state index contributed by atoms with van der Waals surface area (Å²) in [6.07, 6.45) is 3.40. The molecule has 1 heterocycles. The molecule has 0 saturated heterocycles. The first-order valence-corrected chi connectivity index (χ1v) is 7.84. The average Bonchev–Trinajstić information content (AvgIpc) is 2.94. The molecule has 25 heavy (non-hydrogen) atoms. The van der Waals surface area contributed by atoms with E-state index in [1.807, 2.05) is 0 Å². The number of fused-ring (bicyclic) bond motifs is 1. The normalized spacial score (nSPS) is 17.3. The maximum Gasteiger partial charge on any atom is 0.252 e. The Hall–Kier alpha value is -3.02. The van der Waals surface area contributed by atoms with Crippen LogP contribution in [0.4, 0.5) is 4.39 Å². The van der Waals surface area contributed by atoms with Crippen molar-refractivity contribution in [1.82, 2.24) is 9.55 Å². The number of imidazole rings is 1. The number of hydrogen-bond donors (Lipinski definition) is 0. The molecule has 0 unspecified atom stereocenters. The van der Waals surface area contributed by atoms with Gasteiger partial charge in [0.1, 0.15) is 35.4 Å². The van der Waals surface area contributed by atoms with Gasteiger partial charge in [-0.2, -0.15) is 0 Å². The summed E-state index contributed by atoms with van der Waals surface area (Å²) in [6.45, 7) is 3.62.